The van der Waals surface area contributed by atoms with E-state index in [2.05, 4.69) is 16.8 Å². The van der Waals surface area contributed by atoms with Crippen LogP contribution in [0.4, 0.5) is 0 Å². The van der Waals surface area contributed by atoms with E-state index in [0.717, 1.165) is 55.8 Å². The quantitative estimate of drug-likeness (QED) is 0.158. The van der Waals surface area contributed by atoms with Gasteiger partial charge in [-0.2, -0.15) is 0 Å². The maximum absolute atomic E-state index is 13.5. The normalized spacial score (nSPS) is 19.4. The first-order chi connectivity index (χ1) is 19.9. The standard InChI is InChI=1S/C32H40N4O5/c1-4-5-6-19-41-25-12-10-24(11-13-25)28-26(29(37)27-23(3)35-15-7-9-22(2)31(35)33-27)30(38)32(39)36(28)16-8-14-34-17-20-40-21-18-34/h7,9-13,15,28,37H,4-6,8,14,16-21H2,1-3H3/b29-26+. The molecule has 0 saturated carbocycles. The van der Waals surface area contributed by atoms with Crippen LogP contribution in [0.3, 0.4) is 0 Å². The Balaban J connectivity index is 1.49. The number of likely N-dealkylation sites (tertiary alicyclic amines) is 1. The van der Waals surface area contributed by atoms with Crippen LogP contribution < -0.4 is 4.74 Å². The number of hydrogen-bond donors (Lipinski definition) is 1. The van der Waals surface area contributed by atoms with E-state index >= 15 is 0 Å². The van der Waals surface area contributed by atoms with E-state index in [0.29, 0.717) is 49.8 Å². The summed E-state index contributed by atoms with van der Waals surface area (Å²) in [7, 11) is 0. The molecule has 5 rings (SSSR count). The van der Waals surface area contributed by atoms with E-state index in [1.807, 2.05) is 60.8 Å². The van der Waals surface area contributed by atoms with E-state index in [1.165, 1.54) is 0 Å². The third-order valence-corrected chi connectivity index (χ3v) is 8.04. The van der Waals surface area contributed by atoms with Gasteiger partial charge in [0, 0.05) is 32.4 Å². The number of rotatable bonds is 11. The summed E-state index contributed by atoms with van der Waals surface area (Å²) in [6.45, 7) is 10.9. The Morgan fingerprint density at radius 3 is 2.51 bits per heavy atom. The third-order valence-electron chi connectivity index (χ3n) is 8.04. The van der Waals surface area contributed by atoms with Gasteiger partial charge in [-0.3, -0.25) is 14.5 Å². The number of aromatic nitrogens is 2. The van der Waals surface area contributed by atoms with Crippen molar-refractivity contribution in [1.29, 1.82) is 0 Å². The number of ketones is 1. The average Bonchev–Trinajstić information content (AvgIpc) is 3.46. The number of aliphatic hydroxyl groups is 1. The number of carbonyl (C=O) groups excluding carboxylic acids is 2. The van der Waals surface area contributed by atoms with Gasteiger partial charge in [0.1, 0.15) is 17.1 Å². The van der Waals surface area contributed by atoms with Crippen molar-refractivity contribution < 1.29 is 24.2 Å². The fourth-order valence-corrected chi connectivity index (χ4v) is 5.71. The zero-order valence-electron chi connectivity index (χ0n) is 24.3. The van der Waals surface area contributed by atoms with E-state index in [4.69, 9.17) is 9.47 Å². The Hall–Kier alpha value is -3.69. The van der Waals surface area contributed by atoms with Gasteiger partial charge >= 0.3 is 0 Å². The van der Waals surface area contributed by atoms with Gasteiger partial charge in [0.15, 0.2) is 5.76 Å². The lowest BCUT2D eigenvalue weighted by atomic mass is 9.96. The predicted molar refractivity (Wildman–Crippen MR) is 157 cm³/mol. The molecule has 9 heteroatoms. The minimum atomic E-state index is -0.723. The molecule has 1 amide bonds. The molecule has 2 aromatic heterocycles. The highest BCUT2D eigenvalue weighted by atomic mass is 16.5. The van der Waals surface area contributed by atoms with Crippen LogP contribution in [0.5, 0.6) is 5.75 Å². The maximum Gasteiger partial charge on any atom is 0.295 e. The second kappa shape index (κ2) is 12.9. The Morgan fingerprint density at radius 2 is 1.80 bits per heavy atom. The molecule has 9 nitrogen and oxygen atoms in total. The van der Waals surface area contributed by atoms with Gasteiger partial charge in [-0.1, -0.05) is 38.0 Å². The molecule has 0 bridgehead atoms. The lowest BCUT2D eigenvalue weighted by Crippen LogP contribution is -2.38. The average molecular weight is 561 g/mol. The molecular formula is C32H40N4O5. The molecule has 1 aromatic carbocycles. The summed E-state index contributed by atoms with van der Waals surface area (Å²) in [6, 6.07) is 10.6. The number of ether oxygens (including phenoxy) is 2. The summed E-state index contributed by atoms with van der Waals surface area (Å²) in [4.78, 5) is 35.6. The van der Waals surface area contributed by atoms with Crippen molar-refractivity contribution in [2.45, 2.75) is 52.5 Å². The fraction of sp³-hybridized carbons (Fsp3) is 0.469. The van der Waals surface area contributed by atoms with Crippen LogP contribution in [0.2, 0.25) is 0 Å². The number of aryl methyl sites for hydroxylation is 2. The Kier molecular flexibility index (Phi) is 9.05. The van der Waals surface area contributed by atoms with Crippen molar-refractivity contribution in [2.24, 2.45) is 0 Å². The number of imidazole rings is 1. The number of Topliss-reactive ketones (excluding diaryl/α,β-unsaturated/α-hetero) is 1. The highest BCUT2D eigenvalue weighted by Gasteiger charge is 2.46. The third kappa shape index (κ3) is 6.01. The minimum absolute atomic E-state index is 0.0714. The van der Waals surface area contributed by atoms with Crippen molar-refractivity contribution in [3.63, 3.8) is 0 Å². The second-order valence-corrected chi connectivity index (χ2v) is 10.9. The predicted octanol–water partition coefficient (Wildman–Crippen LogP) is 4.66. The highest BCUT2D eigenvalue weighted by Crippen LogP contribution is 2.40. The topological polar surface area (TPSA) is 96.6 Å². The molecule has 41 heavy (non-hydrogen) atoms. The number of benzene rings is 1. The molecule has 1 atom stereocenters. The van der Waals surface area contributed by atoms with Crippen LogP contribution in [0.15, 0.2) is 48.2 Å². The van der Waals surface area contributed by atoms with Gasteiger partial charge in [-0.05, 0) is 56.0 Å². The molecule has 0 spiro atoms. The van der Waals surface area contributed by atoms with Crippen LogP contribution >= 0.6 is 0 Å². The smallest absolute Gasteiger partial charge is 0.295 e. The number of morpholine rings is 1. The van der Waals surface area contributed by atoms with E-state index in [1.54, 1.807) is 4.90 Å². The summed E-state index contributed by atoms with van der Waals surface area (Å²) >= 11 is 0. The first kappa shape index (κ1) is 28.8. The molecule has 4 heterocycles. The van der Waals surface area contributed by atoms with Crippen molar-refractivity contribution in [3.8, 4) is 5.75 Å². The van der Waals surface area contributed by atoms with Crippen molar-refractivity contribution >= 4 is 23.1 Å². The lowest BCUT2D eigenvalue weighted by molar-refractivity contribution is -0.140. The van der Waals surface area contributed by atoms with Gasteiger partial charge in [-0.25, -0.2) is 4.98 Å². The van der Waals surface area contributed by atoms with E-state index < -0.39 is 17.7 Å². The fourth-order valence-electron chi connectivity index (χ4n) is 5.71. The molecule has 218 valence electrons. The summed E-state index contributed by atoms with van der Waals surface area (Å²) in [5, 5.41) is 11.6. The number of amides is 1. The highest BCUT2D eigenvalue weighted by molar-refractivity contribution is 6.46. The van der Waals surface area contributed by atoms with Gasteiger partial charge in [0.25, 0.3) is 11.7 Å². The number of pyridine rings is 1. The zero-order valence-corrected chi connectivity index (χ0v) is 24.3. The number of hydrogen-bond acceptors (Lipinski definition) is 7. The Morgan fingerprint density at radius 1 is 1.05 bits per heavy atom. The molecule has 2 aliphatic heterocycles. The van der Waals surface area contributed by atoms with Crippen LogP contribution in [0.1, 0.15) is 61.2 Å². The van der Waals surface area contributed by atoms with E-state index in [-0.39, 0.29) is 11.3 Å². The summed E-state index contributed by atoms with van der Waals surface area (Å²) in [5.74, 6) is -0.798. The molecule has 2 fully saturated rings. The molecule has 3 aromatic rings. The molecule has 2 aliphatic rings. The van der Waals surface area contributed by atoms with Crippen LogP contribution in [-0.4, -0.2) is 82.0 Å². The lowest BCUT2D eigenvalue weighted by Gasteiger charge is -2.29. The molecule has 1 unspecified atom stereocenters. The van der Waals surface area contributed by atoms with Crippen LogP contribution in [0, 0.1) is 13.8 Å². The van der Waals surface area contributed by atoms with Gasteiger partial charge in [-0.15, -0.1) is 0 Å². The molecule has 1 N–H and O–H groups in total. The van der Waals surface area contributed by atoms with Gasteiger partial charge in [0.05, 0.1) is 37.1 Å². The van der Waals surface area contributed by atoms with Crippen molar-refractivity contribution in [3.05, 3.63) is 70.7 Å². The van der Waals surface area contributed by atoms with Gasteiger partial charge < -0.3 is 23.9 Å². The number of aliphatic hydroxyl groups excluding tert-OH is 1. The Bertz CT molecular complexity index is 1420. The molecule has 0 radical (unpaired) electrons. The maximum atomic E-state index is 13.5. The first-order valence-corrected chi connectivity index (χ1v) is 14.7. The first-order valence-electron chi connectivity index (χ1n) is 14.7. The SMILES string of the molecule is CCCCCOc1ccc(C2/C(=C(\O)c3nc4c(C)cccn4c3C)C(=O)C(=O)N2CCCN2CCOCC2)cc1. The number of nitrogens with zero attached hydrogens (tertiary/aromatic N) is 4. The summed E-state index contributed by atoms with van der Waals surface area (Å²) in [5.41, 5.74) is 3.48. The van der Waals surface area contributed by atoms with Crippen LogP contribution in [-0.2, 0) is 14.3 Å². The molecular weight excluding hydrogens is 520 g/mol. The monoisotopic (exact) mass is 560 g/mol. The van der Waals surface area contributed by atoms with E-state index in [9.17, 15) is 14.7 Å². The van der Waals surface area contributed by atoms with Crippen molar-refractivity contribution in [2.75, 3.05) is 46.0 Å². The number of carbonyl (C=O) groups is 2. The Labute approximate surface area is 241 Å². The largest absolute Gasteiger partial charge is 0.505 e. The zero-order chi connectivity index (χ0) is 28.9. The molecule has 2 saturated heterocycles. The minimum Gasteiger partial charge on any atom is -0.505 e. The van der Waals surface area contributed by atoms with Gasteiger partial charge in [0.2, 0.25) is 0 Å². The molecule has 0 aliphatic carbocycles. The summed E-state index contributed by atoms with van der Waals surface area (Å²) < 4.78 is 13.2. The summed E-state index contributed by atoms with van der Waals surface area (Å²) in [6.07, 6.45) is 5.80. The number of unbranched alkanes of at least 4 members (excludes halogenated alkanes) is 2. The van der Waals surface area contributed by atoms with Crippen molar-refractivity contribution in [1.82, 2.24) is 19.2 Å². The second-order valence-electron chi connectivity index (χ2n) is 10.9. The van der Waals surface area contributed by atoms with Crippen LogP contribution in [0.25, 0.3) is 11.4 Å². The number of fused-ring (bicyclic) bond motifs is 1.